The quantitative estimate of drug-likeness (QED) is 0.156. The summed E-state index contributed by atoms with van der Waals surface area (Å²) in [7, 11) is 2.25. The Balaban J connectivity index is 2.07. The molecule has 2 atom stereocenters. The van der Waals surface area contributed by atoms with Crippen molar-refractivity contribution in [3.8, 4) is 11.5 Å². The van der Waals surface area contributed by atoms with Gasteiger partial charge in [-0.25, -0.2) is 4.79 Å². The number of esters is 1. The fourth-order valence-corrected chi connectivity index (χ4v) is 6.07. The van der Waals surface area contributed by atoms with Gasteiger partial charge in [-0.15, -0.1) is 0 Å². The third-order valence-electron chi connectivity index (χ3n) is 8.43. The number of anilines is 1. The first-order valence-corrected chi connectivity index (χ1v) is 17.7. The smallest absolute Gasteiger partial charge is 0.337 e. The van der Waals surface area contributed by atoms with Gasteiger partial charge in [0.25, 0.3) is 0 Å². The van der Waals surface area contributed by atoms with E-state index >= 15 is 0 Å². The monoisotopic (exact) mass is 605 g/mol. The van der Waals surface area contributed by atoms with Gasteiger partial charge in [-0.2, -0.15) is 0 Å². The molecule has 232 valence electrons. The second-order valence-corrected chi connectivity index (χ2v) is 17.1. The number of carbonyl (C=O) groups is 2. The molecule has 0 heterocycles. The van der Waals surface area contributed by atoms with E-state index in [-0.39, 0.29) is 10.9 Å². The summed E-state index contributed by atoms with van der Waals surface area (Å²) >= 11 is 0. The van der Waals surface area contributed by atoms with Gasteiger partial charge in [0.2, 0.25) is 5.91 Å². The maximum Gasteiger partial charge on any atom is 0.337 e. The molecule has 0 aliphatic rings. The van der Waals surface area contributed by atoms with Crippen molar-refractivity contribution in [2.75, 3.05) is 26.6 Å². The first-order chi connectivity index (χ1) is 20.3. The molecular formula is C35H47NO6Si. The van der Waals surface area contributed by atoms with Crippen LogP contribution in [-0.2, 0) is 20.4 Å². The highest BCUT2D eigenvalue weighted by Crippen LogP contribution is 2.44. The van der Waals surface area contributed by atoms with Crippen molar-refractivity contribution in [3.63, 3.8) is 0 Å². The van der Waals surface area contributed by atoms with Crippen molar-refractivity contribution in [1.82, 2.24) is 0 Å². The average Bonchev–Trinajstić information content (AvgIpc) is 2.98. The van der Waals surface area contributed by atoms with Crippen LogP contribution in [0.3, 0.4) is 0 Å². The molecule has 0 radical (unpaired) electrons. The van der Waals surface area contributed by atoms with Crippen LogP contribution in [0.2, 0.25) is 18.1 Å². The summed E-state index contributed by atoms with van der Waals surface area (Å²) in [5, 5.41) is 3.02. The van der Waals surface area contributed by atoms with Crippen LogP contribution in [-0.4, -0.2) is 41.5 Å². The Morgan fingerprint density at radius 1 is 0.884 bits per heavy atom. The van der Waals surface area contributed by atoms with Crippen molar-refractivity contribution < 1.29 is 28.2 Å². The van der Waals surface area contributed by atoms with Gasteiger partial charge in [0.1, 0.15) is 11.5 Å². The largest absolute Gasteiger partial charge is 0.496 e. The summed E-state index contributed by atoms with van der Waals surface area (Å²) < 4.78 is 23.4. The van der Waals surface area contributed by atoms with Gasteiger partial charge in [0, 0.05) is 11.3 Å². The second kappa shape index (κ2) is 14.7. The van der Waals surface area contributed by atoms with Crippen molar-refractivity contribution in [3.05, 3.63) is 89.0 Å². The summed E-state index contributed by atoms with van der Waals surface area (Å²) in [5.41, 5.74) is 3.95. The van der Waals surface area contributed by atoms with Crippen LogP contribution in [0.15, 0.2) is 66.7 Å². The van der Waals surface area contributed by atoms with Gasteiger partial charge in [-0.3, -0.25) is 4.79 Å². The van der Waals surface area contributed by atoms with Crippen LogP contribution in [0, 0.1) is 12.8 Å². The predicted octanol–water partition coefficient (Wildman–Crippen LogP) is 8.14. The van der Waals surface area contributed by atoms with Crippen LogP contribution in [0.1, 0.15) is 66.8 Å². The summed E-state index contributed by atoms with van der Waals surface area (Å²) in [6, 6.07) is 20.9. The maximum absolute atomic E-state index is 14.2. The molecule has 3 aromatic carbocycles. The molecule has 7 nitrogen and oxygen atoms in total. The highest BCUT2D eigenvalue weighted by molar-refractivity contribution is 6.74. The first-order valence-electron chi connectivity index (χ1n) is 14.7. The molecule has 0 spiro atoms. The Morgan fingerprint density at radius 2 is 1.47 bits per heavy atom. The lowest BCUT2D eigenvalue weighted by Gasteiger charge is -2.41. The zero-order chi connectivity index (χ0) is 31.8. The predicted molar refractivity (Wildman–Crippen MR) is 175 cm³/mol. The number of hydrogen-bond acceptors (Lipinski definition) is 6. The topological polar surface area (TPSA) is 83.1 Å². The van der Waals surface area contributed by atoms with Gasteiger partial charge in [0.15, 0.2) is 8.32 Å². The number of amides is 1. The number of methoxy groups -OCH3 is 3. The van der Waals surface area contributed by atoms with Gasteiger partial charge in [-0.05, 0) is 91.8 Å². The van der Waals surface area contributed by atoms with Gasteiger partial charge in [0.05, 0.1) is 38.9 Å². The molecule has 0 unspecified atom stereocenters. The average molecular weight is 606 g/mol. The van der Waals surface area contributed by atoms with Crippen molar-refractivity contribution in [2.45, 2.75) is 71.2 Å². The Labute approximate surface area is 258 Å². The van der Waals surface area contributed by atoms with E-state index in [4.69, 9.17) is 18.6 Å². The van der Waals surface area contributed by atoms with Crippen molar-refractivity contribution >= 4 is 25.9 Å². The number of carbonyl (C=O) groups excluding carboxylic acids is 2. The minimum atomic E-state index is -2.36. The lowest BCUT2D eigenvalue weighted by Crippen LogP contribution is -2.44. The molecule has 0 saturated heterocycles. The number of benzene rings is 3. The fraction of sp³-hybridized carbons (Fsp3) is 0.429. The van der Waals surface area contributed by atoms with Crippen LogP contribution < -0.4 is 14.8 Å². The molecule has 0 aliphatic carbocycles. The Bertz CT molecular complexity index is 1340. The lowest BCUT2D eigenvalue weighted by atomic mass is 9.88. The molecule has 3 rings (SSSR count). The molecule has 3 aromatic rings. The minimum absolute atomic E-state index is 0.0844. The van der Waals surface area contributed by atoms with Crippen molar-refractivity contribution in [2.24, 2.45) is 5.92 Å². The molecule has 43 heavy (non-hydrogen) atoms. The number of rotatable bonds is 13. The number of ether oxygens (including phenoxy) is 3. The molecule has 1 amide bonds. The molecular weight excluding hydrogens is 558 g/mol. The second-order valence-electron chi connectivity index (χ2n) is 12.4. The lowest BCUT2D eigenvalue weighted by molar-refractivity contribution is -0.123. The van der Waals surface area contributed by atoms with Gasteiger partial charge >= 0.3 is 5.97 Å². The Hall–Kier alpha value is -3.62. The van der Waals surface area contributed by atoms with Crippen LogP contribution in [0.4, 0.5) is 5.69 Å². The number of hydrogen-bond donors (Lipinski definition) is 1. The Morgan fingerprint density at radius 3 is 1.98 bits per heavy atom. The molecule has 0 saturated carbocycles. The summed E-state index contributed by atoms with van der Waals surface area (Å²) in [6.45, 7) is 12.9. The van der Waals surface area contributed by atoms with Crippen LogP contribution >= 0.6 is 0 Å². The maximum atomic E-state index is 14.2. The number of aryl methyl sites for hydroxylation is 1. The molecule has 0 bridgehead atoms. The first kappa shape index (κ1) is 33.9. The Kier molecular flexibility index (Phi) is 11.6. The molecule has 8 heteroatoms. The van der Waals surface area contributed by atoms with Crippen molar-refractivity contribution in [1.29, 1.82) is 0 Å². The minimum Gasteiger partial charge on any atom is -0.496 e. The summed E-state index contributed by atoms with van der Waals surface area (Å²) in [4.78, 5) is 26.2. The van der Waals surface area contributed by atoms with E-state index in [1.165, 1.54) is 12.7 Å². The fourth-order valence-electron chi connectivity index (χ4n) is 4.78. The zero-order valence-corrected chi connectivity index (χ0v) is 28.1. The van der Waals surface area contributed by atoms with E-state index in [0.717, 1.165) is 24.0 Å². The van der Waals surface area contributed by atoms with E-state index in [0.29, 0.717) is 29.2 Å². The summed E-state index contributed by atoms with van der Waals surface area (Å²) in [5.74, 6) is 0.262. The van der Waals surface area contributed by atoms with E-state index in [2.05, 4.69) is 51.3 Å². The standard InChI is InChI=1S/C35H47NO6Si/c1-24-30(39-5)22-27(23-31(24)40-6)32(42-43(8,9)35(2,3)4)29(17-13-16-25-14-11-10-12-15-25)33(37)36-28-20-18-26(19-21-28)34(38)41-7/h10-12,14-15,18-23,29,32H,13,16-17H2,1-9H3,(H,36,37)/t29-,32-/m1/s1. The summed E-state index contributed by atoms with van der Waals surface area (Å²) in [6.07, 6.45) is 1.68. The highest BCUT2D eigenvalue weighted by atomic mass is 28.4. The normalized spacial score (nSPS) is 13.1. The van der Waals surface area contributed by atoms with E-state index < -0.39 is 26.3 Å². The van der Waals surface area contributed by atoms with Gasteiger partial charge in [-0.1, -0.05) is 51.1 Å². The molecule has 0 aliphatic heterocycles. The van der Waals surface area contributed by atoms with Crippen LogP contribution in [0.25, 0.3) is 0 Å². The zero-order valence-electron chi connectivity index (χ0n) is 27.1. The third kappa shape index (κ3) is 8.71. The van der Waals surface area contributed by atoms with E-state index in [1.54, 1.807) is 38.5 Å². The molecule has 0 fully saturated rings. The van der Waals surface area contributed by atoms with E-state index in [9.17, 15) is 9.59 Å². The molecule has 0 aromatic heterocycles. The molecule has 1 N–H and O–H groups in total. The van der Waals surface area contributed by atoms with E-state index in [1.807, 2.05) is 37.3 Å². The third-order valence-corrected chi connectivity index (χ3v) is 12.9. The van der Waals surface area contributed by atoms with Gasteiger partial charge < -0.3 is 24.0 Å². The highest BCUT2D eigenvalue weighted by Gasteiger charge is 2.43. The van der Waals surface area contributed by atoms with Crippen LogP contribution in [0.5, 0.6) is 11.5 Å². The SMILES string of the molecule is COC(=O)c1ccc(NC(=O)[C@H](CCCc2ccccc2)[C@H](O[Si](C)(C)C(C)(C)C)c2cc(OC)c(C)c(OC)c2)cc1. The number of nitrogens with one attached hydrogen (secondary N) is 1.